The summed E-state index contributed by atoms with van der Waals surface area (Å²) in [7, 11) is -2.68. The minimum absolute atomic E-state index is 0.00540. The van der Waals surface area contributed by atoms with Crippen LogP contribution in [0.3, 0.4) is 0 Å². The first-order chi connectivity index (χ1) is 21.6. The summed E-state index contributed by atoms with van der Waals surface area (Å²) in [6, 6.07) is 19.6. The lowest BCUT2D eigenvalue weighted by atomic mass is 10.0. The number of carbonyl (C=O) groups is 2. The molecule has 4 atom stereocenters. The first-order valence-electron chi connectivity index (χ1n) is 14.7. The number of amides is 2. The molecule has 2 heterocycles. The van der Waals surface area contributed by atoms with Crippen LogP contribution in [0, 0.1) is 5.82 Å². The van der Waals surface area contributed by atoms with E-state index in [2.05, 4.69) is 5.32 Å². The first kappa shape index (κ1) is 32.4. The minimum atomic E-state index is -4.12. The number of hydrogen-bond donors (Lipinski definition) is 2. The van der Waals surface area contributed by atoms with Gasteiger partial charge in [0.05, 0.1) is 42.5 Å². The number of halogens is 1. The van der Waals surface area contributed by atoms with E-state index in [0.29, 0.717) is 18.8 Å². The van der Waals surface area contributed by atoms with Crippen LogP contribution in [0.15, 0.2) is 83.8 Å². The molecule has 45 heavy (non-hydrogen) atoms. The lowest BCUT2D eigenvalue weighted by molar-refractivity contribution is -0.129. The third-order valence-corrected chi connectivity index (χ3v) is 9.64. The van der Waals surface area contributed by atoms with Gasteiger partial charge in [-0.1, -0.05) is 42.5 Å². The molecule has 3 aromatic carbocycles. The number of aliphatic hydroxyl groups excluding tert-OH is 1. The van der Waals surface area contributed by atoms with Crippen LogP contribution in [0.5, 0.6) is 5.75 Å². The summed E-state index contributed by atoms with van der Waals surface area (Å²) < 4.78 is 59.0. The maximum atomic E-state index is 13.9. The standard InChI is InChI=1S/C32H36FN3O8S/c1-42-25-12-6-14-27(18-25)45(40,41)35(19-26-13-7-15-43-26)20-29(37)28(16-22-8-3-2-4-9-22)34-31(38)30-21-36(32(39)44-30)24-11-5-10-23(33)17-24/h2-6,8-12,14,17-18,26,28-30,37H,7,13,15-16,19-21H2,1H3,(H,34,38)/t26-,28+,29+,30+/m1/s1. The number of benzene rings is 3. The van der Waals surface area contributed by atoms with Crippen molar-refractivity contribution < 1.29 is 41.7 Å². The molecule has 0 bridgehead atoms. The van der Waals surface area contributed by atoms with E-state index >= 15 is 0 Å². The van der Waals surface area contributed by atoms with Gasteiger partial charge < -0.3 is 24.6 Å². The quantitative estimate of drug-likeness (QED) is 0.291. The monoisotopic (exact) mass is 641 g/mol. The van der Waals surface area contributed by atoms with Gasteiger partial charge in [0.1, 0.15) is 11.6 Å². The SMILES string of the molecule is COc1cccc(S(=O)(=O)N(C[C@H]2CCCO2)C[C@H](O)[C@H](Cc2ccccc2)NC(=O)[C@@H]2CN(c3cccc(F)c3)C(=O)O2)c1. The lowest BCUT2D eigenvalue weighted by Crippen LogP contribution is -2.53. The van der Waals surface area contributed by atoms with Crippen LogP contribution in [0.25, 0.3) is 0 Å². The average molecular weight is 642 g/mol. The normalized spacial score (nSPS) is 19.7. The summed E-state index contributed by atoms with van der Waals surface area (Å²) in [5.74, 6) is -0.861. The fourth-order valence-corrected chi connectivity index (χ4v) is 6.94. The summed E-state index contributed by atoms with van der Waals surface area (Å²) in [5, 5.41) is 14.4. The van der Waals surface area contributed by atoms with Gasteiger partial charge in [0, 0.05) is 25.8 Å². The highest BCUT2D eigenvalue weighted by molar-refractivity contribution is 7.89. The summed E-state index contributed by atoms with van der Waals surface area (Å²) in [6.45, 7) is -0.000162. The molecule has 5 rings (SSSR count). The van der Waals surface area contributed by atoms with Crippen molar-refractivity contribution in [3.63, 3.8) is 0 Å². The Kier molecular flexibility index (Phi) is 10.3. The van der Waals surface area contributed by atoms with Crippen LogP contribution in [0.2, 0.25) is 0 Å². The van der Waals surface area contributed by atoms with Gasteiger partial charge in [-0.25, -0.2) is 17.6 Å². The summed E-state index contributed by atoms with van der Waals surface area (Å²) in [4.78, 5) is 27.1. The Morgan fingerprint density at radius 1 is 1.13 bits per heavy atom. The largest absolute Gasteiger partial charge is 0.497 e. The van der Waals surface area contributed by atoms with Gasteiger partial charge in [-0.3, -0.25) is 9.69 Å². The second kappa shape index (κ2) is 14.4. The number of cyclic esters (lactones) is 1. The average Bonchev–Trinajstić information content (AvgIpc) is 3.70. The molecule has 0 radical (unpaired) electrons. The van der Waals surface area contributed by atoms with E-state index in [9.17, 15) is 27.5 Å². The van der Waals surface area contributed by atoms with Gasteiger partial charge in [0.15, 0.2) is 6.10 Å². The van der Waals surface area contributed by atoms with Crippen LogP contribution in [0.4, 0.5) is 14.9 Å². The van der Waals surface area contributed by atoms with E-state index in [4.69, 9.17) is 14.2 Å². The molecule has 2 aliphatic rings. The zero-order chi connectivity index (χ0) is 32.0. The van der Waals surface area contributed by atoms with E-state index in [1.165, 1.54) is 41.7 Å². The van der Waals surface area contributed by atoms with E-state index in [-0.39, 0.29) is 42.7 Å². The number of hydrogen-bond acceptors (Lipinski definition) is 8. The highest BCUT2D eigenvalue weighted by Crippen LogP contribution is 2.25. The number of aliphatic hydroxyl groups is 1. The fourth-order valence-electron chi connectivity index (χ4n) is 5.41. The predicted molar refractivity (Wildman–Crippen MR) is 163 cm³/mol. The Hall–Kier alpha value is -4.04. The van der Waals surface area contributed by atoms with Crippen molar-refractivity contribution in [1.29, 1.82) is 0 Å². The molecule has 2 N–H and O–H groups in total. The van der Waals surface area contributed by atoms with Crippen LogP contribution in [-0.2, 0) is 30.7 Å². The van der Waals surface area contributed by atoms with Gasteiger partial charge in [-0.15, -0.1) is 0 Å². The van der Waals surface area contributed by atoms with Crippen molar-refractivity contribution in [2.45, 2.75) is 48.5 Å². The first-order valence-corrected chi connectivity index (χ1v) is 16.1. The number of anilines is 1. The molecule has 2 aliphatic heterocycles. The number of nitrogens with one attached hydrogen (secondary N) is 1. The summed E-state index contributed by atoms with van der Waals surface area (Å²) in [5.41, 5.74) is 1.02. The number of methoxy groups -OCH3 is 1. The Morgan fingerprint density at radius 2 is 1.91 bits per heavy atom. The van der Waals surface area contributed by atoms with Crippen molar-refractivity contribution in [1.82, 2.24) is 9.62 Å². The number of nitrogens with zero attached hydrogens (tertiary/aromatic N) is 2. The third-order valence-electron chi connectivity index (χ3n) is 7.82. The molecule has 13 heteroatoms. The Bertz CT molecular complexity index is 1590. The van der Waals surface area contributed by atoms with Crippen LogP contribution in [-0.4, -0.2) is 87.5 Å². The third kappa shape index (κ3) is 7.98. The Balaban J connectivity index is 1.37. The molecule has 0 spiro atoms. The van der Waals surface area contributed by atoms with Crippen molar-refractivity contribution in [3.8, 4) is 5.75 Å². The second-order valence-corrected chi connectivity index (χ2v) is 12.9. The highest BCUT2D eigenvalue weighted by atomic mass is 32.2. The molecule has 0 aliphatic carbocycles. The number of rotatable bonds is 13. The van der Waals surface area contributed by atoms with Crippen molar-refractivity contribution >= 4 is 27.7 Å². The number of ether oxygens (including phenoxy) is 3. The predicted octanol–water partition coefficient (Wildman–Crippen LogP) is 3.12. The van der Waals surface area contributed by atoms with Crippen LogP contribution in [0.1, 0.15) is 18.4 Å². The Morgan fingerprint density at radius 3 is 2.62 bits per heavy atom. The highest BCUT2D eigenvalue weighted by Gasteiger charge is 2.39. The maximum absolute atomic E-state index is 13.9. The summed E-state index contributed by atoms with van der Waals surface area (Å²) in [6.07, 6.45) is -2.16. The molecule has 0 unspecified atom stereocenters. The van der Waals surface area contributed by atoms with E-state index < -0.39 is 46.1 Å². The van der Waals surface area contributed by atoms with E-state index in [1.807, 2.05) is 30.3 Å². The molecule has 2 fully saturated rings. The topological polar surface area (TPSA) is 135 Å². The van der Waals surface area contributed by atoms with Crippen molar-refractivity contribution in [3.05, 3.63) is 90.2 Å². The zero-order valence-electron chi connectivity index (χ0n) is 24.8. The van der Waals surface area contributed by atoms with Gasteiger partial charge in [0.25, 0.3) is 5.91 Å². The van der Waals surface area contributed by atoms with E-state index in [0.717, 1.165) is 23.0 Å². The van der Waals surface area contributed by atoms with Gasteiger partial charge in [0.2, 0.25) is 10.0 Å². The molecule has 240 valence electrons. The fraction of sp³-hybridized carbons (Fsp3) is 0.375. The second-order valence-electron chi connectivity index (χ2n) is 11.0. The molecular weight excluding hydrogens is 605 g/mol. The molecule has 3 aromatic rings. The summed E-state index contributed by atoms with van der Waals surface area (Å²) >= 11 is 0. The number of carbonyl (C=O) groups excluding carboxylic acids is 2. The van der Waals surface area contributed by atoms with Gasteiger partial charge >= 0.3 is 6.09 Å². The molecule has 2 saturated heterocycles. The lowest BCUT2D eigenvalue weighted by Gasteiger charge is -2.31. The molecule has 11 nitrogen and oxygen atoms in total. The Labute approximate surface area is 261 Å². The van der Waals surface area contributed by atoms with Crippen molar-refractivity contribution in [2.24, 2.45) is 0 Å². The zero-order valence-corrected chi connectivity index (χ0v) is 25.6. The minimum Gasteiger partial charge on any atom is -0.497 e. The van der Waals surface area contributed by atoms with Gasteiger partial charge in [-0.2, -0.15) is 4.31 Å². The molecular formula is C32H36FN3O8S. The molecule has 0 saturated carbocycles. The molecule has 2 amide bonds. The van der Waals surface area contributed by atoms with Crippen molar-refractivity contribution in [2.75, 3.05) is 38.3 Å². The number of sulfonamides is 1. The molecule has 0 aromatic heterocycles. The van der Waals surface area contributed by atoms with Crippen LogP contribution >= 0.6 is 0 Å². The van der Waals surface area contributed by atoms with E-state index in [1.54, 1.807) is 12.1 Å². The maximum Gasteiger partial charge on any atom is 0.415 e. The van der Waals surface area contributed by atoms with Gasteiger partial charge in [-0.05, 0) is 55.2 Å². The smallest absolute Gasteiger partial charge is 0.415 e. The van der Waals surface area contributed by atoms with Crippen LogP contribution < -0.4 is 15.0 Å².